The van der Waals surface area contributed by atoms with E-state index in [1.54, 1.807) is 36.2 Å². The Morgan fingerprint density at radius 1 is 1.53 bits per heavy atom. The molecule has 19 heavy (non-hydrogen) atoms. The zero-order valence-electron chi connectivity index (χ0n) is 10.5. The molecule has 1 N–H and O–H groups in total. The van der Waals surface area contributed by atoms with E-state index in [9.17, 15) is 10.1 Å². The van der Waals surface area contributed by atoms with Crippen LogP contribution in [0.5, 0.6) is 0 Å². The molecular formula is C12H13N3O2S2. The summed E-state index contributed by atoms with van der Waals surface area (Å²) in [5.41, 5.74) is 2.60. The van der Waals surface area contributed by atoms with Crippen LogP contribution in [0.2, 0.25) is 0 Å². The molecule has 0 spiro atoms. The maximum absolute atomic E-state index is 11.0. The van der Waals surface area contributed by atoms with Crippen molar-refractivity contribution in [2.45, 2.75) is 17.0 Å². The highest BCUT2D eigenvalue weighted by molar-refractivity contribution is 8.00. The van der Waals surface area contributed by atoms with E-state index in [1.165, 1.54) is 6.07 Å². The Labute approximate surface area is 119 Å². The summed E-state index contributed by atoms with van der Waals surface area (Å²) >= 11 is 3.18. The predicted molar refractivity (Wildman–Crippen MR) is 79.1 cm³/mol. The lowest BCUT2D eigenvalue weighted by atomic mass is 10.1. The molecule has 1 heterocycles. The number of hydrogen-bond donors (Lipinski definition) is 1. The number of nitrogens with zero attached hydrogens (tertiary/aromatic N) is 2. The first kappa shape index (κ1) is 13.8. The molecule has 0 aliphatic rings. The van der Waals surface area contributed by atoms with E-state index in [-0.39, 0.29) is 10.6 Å². The molecule has 2 rings (SSSR count). The Hall–Kier alpha value is -1.60. The lowest BCUT2D eigenvalue weighted by Gasteiger charge is -2.08. The van der Waals surface area contributed by atoms with Gasteiger partial charge in [0.15, 0.2) is 0 Å². The molecule has 1 aromatic heterocycles. The van der Waals surface area contributed by atoms with E-state index in [0.29, 0.717) is 11.4 Å². The number of anilines is 1. The van der Waals surface area contributed by atoms with Crippen LogP contribution in [0.4, 0.5) is 11.4 Å². The van der Waals surface area contributed by atoms with Gasteiger partial charge >= 0.3 is 0 Å². The second-order valence-electron chi connectivity index (χ2n) is 3.86. The summed E-state index contributed by atoms with van der Waals surface area (Å²) in [4.78, 5) is 15.0. The highest BCUT2D eigenvalue weighted by atomic mass is 32.2. The number of rotatable bonds is 5. The maximum Gasteiger partial charge on any atom is 0.292 e. The molecule has 1 aromatic carbocycles. The van der Waals surface area contributed by atoms with Crippen LogP contribution < -0.4 is 5.32 Å². The van der Waals surface area contributed by atoms with E-state index in [2.05, 4.69) is 10.3 Å². The lowest BCUT2D eigenvalue weighted by molar-refractivity contribution is -0.384. The average Bonchev–Trinajstić information content (AvgIpc) is 2.81. The minimum absolute atomic E-state index is 0.107. The van der Waals surface area contributed by atoms with Crippen LogP contribution in [-0.2, 0) is 5.75 Å². The van der Waals surface area contributed by atoms with Crippen LogP contribution in [0.15, 0.2) is 27.9 Å². The third kappa shape index (κ3) is 3.24. The third-order valence-corrected chi connectivity index (χ3v) is 4.71. The highest BCUT2D eigenvalue weighted by Gasteiger charge is 2.16. The predicted octanol–water partition coefficient (Wildman–Crippen LogP) is 3.69. The van der Waals surface area contributed by atoms with Gasteiger partial charge in [0.25, 0.3) is 5.69 Å². The van der Waals surface area contributed by atoms with Gasteiger partial charge in [-0.05, 0) is 12.5 Å². The van der Waals surface area contributed by atoms with E-state index in [1.807, 2.05) is 18.4 Å². The molecular weight excluding hydrogens is 282 g/mol. The van der Waals surface area contributed by atoms with Crippen molar-refractivity contribution in [3.05, 3.63) is 45.0 Å². The van der Waals surface area contributed by atoms with Crippen molar-refractivity contribution in [2.24, 2.45) is 0 Å². The zero-order valence-corrected chi connectivity index (χ0v) is 12.2. The first-order chi connectivity index (χ1) is 9.11. The molecule has 5 nitrogen and oxygen atoms in total. The molecule has 0 aliphatic carbocycles. The molecule has 0 saturated carbocycles. The number of aromatic nitrogens is 1. The summed E-state index contributed by atoms with van der Waals surface area (Å²) in [6.45, 7) is 1.95. The van der Waals surface area contributed by atoms with Crippen molar-refractivity contribution in [1.82, 2.24) is 4.98 Å². The number of thiazole rings is 1. The fraction of sp³-hybridized carbons (Fsp3) is 0.250. The molecule has 0 unspecified atom stereocenters. The van der Waals surface area contributed by atoms with E-state index >= 15 is 0 Å². The van der Waals surface area contributed by atoms with Crippen LogP contribution in [-0.4, -0.2) is 17.0 Å². The Kier molecular flexibility index (Phi) is 4.39. The fourth-order valence-corrected chi connectivity index (χ4v) is 3.53. The minimum atomic E-state index is -0.368. The van der Waals surface area contributed by atoms with Gasteiger partial charge in [0, 0.05) is 29.9 Å². The maximum atomic E-state index is 11.0. The number of benzene rings is 1. The van der Waals surface area contributed by atoms with Crippen LogP contribution >= 0.6 is 23.1 Å². The van der Waals surface area contributed by atoms with Gasteiger partial charge in [-0.15, -0.1) is 11.3 Å². The quantitative estimate of drug-likeness (QED) is 0.517. The second-order valence-corrected chi connectivity index (χ2v) is 5.94. The van der Waals surface area contributed by atoms with E-state index in [0.717, 1.165) is 15.6 Å². The summed E-state index contributed by atoms with van der Waals surface area (Å²) < 4.78 is 0.978. The number of aryl methyl sites for hydroxylation is 1. The molecule has 0 fully saturated rings. The molecule has 0 bridgehead atoms. The smallest absolute Gasteiger partial charge is 0.292 e. The number of thioether (sulfide) groups is 1. The van der Waals surface area contributed by atoms with Gasteiger partial charge in [-0.25, -0.2) is 4.98 Å². The molecule has 0 atom stereocenters. The normalized spacial score (nSPS) is 10.4. The first-order valence-corrected chi connectivity index (χ1v) is 7.47. The summed E-state index contributed by atoms with van der Waals surface area (Å²) in [6.07, 6.45) is 0. The van der Waals surface area contributed by atoms with Crippen LogP contribution in [0, 0.1) is 17.0 Å². The SMILES string of the molecule is CNc1c(CSc2nc(C)cs2)cccc1[N+](=O)[O-]. The van der Waals surface area contributed by atoms with Crippen molar-refractivity contribution in [3.63, 3.8) is 0 Å². The topological polar surface area (TPSA) is 68.1 Å². The van der Waals surface area contributed by atoms with Crippen LogP contribution in [0.25, 0.3) is 0 Å². The van der Waals surface area contributed by atoms with Gasteiger partial charge in [-0.1, -0.05) is 23.9 Å². The molecule has 7 heteroatoms. The van der Waals surface area contributed by atoms with Crippen molar-refractivity contribution in [1.29, 1.82) is 0 Å². The Morgan fingerprint density at radius 2 is 2.32 bits per heavy atom. The standard InChI is InChI=1S/C12H13N3O2S2/c1-8-6-18-12(14-8)19-7-9-4-3-5-10(15(16)17)11(9)13-2/h3-6,13H,7H2,1-2H3. The Morgan fingerprint density at radius 3 is 2.89 bits per heavy atom. The Bertz CT molecular complexity index is 598. The van der Waals surface area contributed by atoms with Gasteiger partial charge in [-0.3, -0.25) is 10.1 Å². The van der Waals surface area contributed by atoms with Gasteiger partial charge in [-0.2, -0.15) is 0 Å². The van der Waals surface area contributed by atoms with Gasteiger partial charge in [0.05, 0.1) is 4.92 Å². The van der Waals surface area contributed by atoms with Gasteiger partial charge < -0.3 is 5.32 Å². The summed E-state index contributed by atoms with van der Waals surface area (Å²) in [7, 11) is 1.70. The van der Waals surface area contributed by atoms with Crippen LogP contribution in [0.3, 0.4) is 0 Å². The summed E-state index contributed by atoms with van der Waals surface area (Å²) in [5, 5.41) is 15.9. The average molecular weight is 295 g/mol. The van der Waals surface area contributed by atoms with Gasteiger partial charge in [0.2, 0.25) is 0 Å². The molecule has 0 aliphatic heterocycles. The number of nitrogens with one attached hydrogen (secondary N) is 1. The molecule has 0 amide bonds. The molecule has 2 aromatic rings. The van der Waals surface area contributed by atoms with E-state index < -0.39 is 0 Å². The lowest BCUT2D eigenvalue weighted by Crippen LogP contribution is -2.00. The van der Waals surface area contributed by atoms with Crippen molar-refractivity contribution in [3.8, 4) is 0 Å². The van der Waals surface area contributed by atoms with Crippen molar-refractivity contribution < 1.29 is 4.92 Å². The first-order valence-electron chi connectivity index (χ1n) is 5.60. The summed E-state index contributed by atoms with van der Waals surface area (Å²) in [5.74, 6) is 0.658. The van der Waals surface area contributed by atoms with Gasteiger partial charge in [0.1, 0.15) is 10.0 Å². The van der Waals surface area contributed by atoms with Crippen molar-refractivity contribution in [2.75, 3.05) is 12.4 Å². The largest absolute Gasteiger partial charge is 0.382 e. The number of nitro groups is 1. The molecule has 0 radical (unpaired) electrons. The van der Waals surface area contributed by atoms with Crippen LogP contribution in [0.1, 0.15) is 11.3 Å². The second kappa shape index (κ2) is 6.03. The zero-order chi connectivity index (χ0) is 13.8. The molecule has 100 valence electrons. The third-order valence-electron chi connectivity index (χ3n) is 2.52. The highest BCUT2D eigenvalue weighted by Crippen LogP contribution is 2.33. The number of hydrogen-bond acceptors (Lipinski definition) is 6. The number of para-hydroxylation sites is 1. The minimum Gasteiger partial charge on any atom is -0.382 e. The Balaban J connectivity index is 2.20. The molecule has 0 saturated heterocycles. The monoisotopic (exact) mass is 295 g/mol. The number of nitro benzene ring substituents is 1. The fourth-order valence-electron chi connectivity index (χ4n) is 1.69. The summed E-state index contributed by atoms with van der Waals surface area (Å²) in [6, 6.07) is 5.11. The van der Waals surface area contributed by atoms with Crippen molar-refractivity contribution >= 4 is 34.5 Å². The van der Waals surface area contributed by atoms with E-state index in [4.69, 9.17) is 0 Å².